The highest BCUT2D eigenvalue weighted by atomic mass is 15.3. The Morgan fingerprint density at radius 2 is 1.96 bits per heavy atom. The molecule has 0 bridgehead atoms. The molecule has 2 rings (SSSR count). The van der Waals surface area contributed by atoms with Gasteiger partial charge in [-0.3, -0.25) is 4.68 Å². The van der Waals surface area contributed by atoms with Gasteiger partial charge < -0.3 is 10.6 Å². The van der Waals surface area contributed by atoms with E-state index in [9.17, 15) is 0 Å². The van der Waals surface area contributed by atoms with Crippen LogP contribution in [0.5, 0.6) is 0 Å². The molecule has 0 aliphatic carbocycles. The van der Waals surface area contributed by atoms with E-state index in [1.54, 1.807) is 0 Å². The second kappa shape index (κ2) is 8.88. The largest absolute Gasteiger partial charge is 0.357 e. The molecule has 0 amide bonds. The summed E-state index contributed by atoms with van der Waals surface area (Å²) in [7, 11) is 2.00. The number of nitrogens with zero attached hydrogens (tertiary/aromatic N) is 3. The van der Waals surface area contributed by atoms with Crippen molar-refractivity contribution in [3.05, 3.63) is 51.8 Å². The molecule has 1 atom stereocenters. The lowest BCUT2D eigenvalue weighted by Crippen LogP contribution is -2.43. The predicted molar refractivity (Wildman–Crippen MR) is 110 cm³/mol. The molecule has 5 heteroatoms. The van der Waals surface area contributed by atoms with Gasteiger partial charge in [-0.25, -0.2) is 4.99 Å². The van der Waals surface area contributed by atoms with E-state index in [1.807, 2.05) is 11.7 Å². The fourth-order valence-electron chi connectivity index (χ4n) is 3.21. The van der Waals surface area contributed by atoms with E-state index in [0.717, 1.165) is 24.6 Å². The molecule has 1 heterocycles. The minimum atomic E-state index is 0.272. The normalized spacial score (nSPS) is 13.0. The molecule has 0 saturated heterocycles. The van der Waals surface area contributed by atoms with Crippen LogP contribution in [0.25, 0.3) is 0 Å². The summed E-state index contributed by atoms with van der Waals surface area (Å²) in [5.41, 5.74) is 7.50. The Morgan fingerprint density at radius 3 is 2.54 bits per heavy atom. The highest BCUT2D eigenvalue weighted by Crippen LogP contribution is 2.14. The highest BCUT2D eigenvalue weighted by Gasteiger charge is 2.14. The average Bonchev–Trinajstić information content (AvgIpc) is 2.80. The molecule has 0 fully saturated rings. The van der Waals surface area contributed by atoms with Gasteiger partial charge in [-0.1, -0.05) is 23.8 Å². The Balaban J connectivity index is 2.06. The molecule has 1 aromatic heterocycles. The minimum Gasteiger partial charge on any atom is -0.357 e. The number of benzene rings is 1. The van der Waals surface area contributed by atoms with Gasteiger partial charge in [-0.05, 0) is 64.7 Å². The lowest BCUT2D eigenvalue weighted by Gasteiger charge is -2.18. The van der Waals surface area contributed by atoms with Crippen LogP contribution in [-0.2, 0) is 20.0 Å². The van der Waals surface area contributed by atoms with Crippen molar-refractivity contribution >= 4 is 5.96 Å². The van der Waals surface area contributed by atoms with Gasteiger partial charge in [0.05, 0.1) is 12.2 Å². The van der Waals surface area contributed by atoms with Gasteiger partial charge in [0.15, 0.2) is 5.96 Å². The van der Waals surface area contributed by atoms with Gasteiger partial charge >= 0.3 is 0 Å². The Kier molecular flexibility index (Phi) is 6.83. The fraction of sp³-hybridized carbons (Fsp3) is 0.524. The molecule has 0 radical (unpaired) electrons. The Morgan fingerprint density at radius 1 is 1.23 bits per heavy atom. The third kappa shape index (κ3) is 5.10. The Hall–Kier alpha value is -2.30. The van der Waals surface area contributed by atoms with Crippen molar-refractivity contribution in [1.82, 2.24) is 20.4 Å². The van der Waals surface area contributed by atoms with E-state index < -0.39 is 0 Å². The molecule has 2 N–H and O–H groups in total. The van der Waals surface area contributed by atoms with Crippen molar-refractivity contribution in [3.63, 3.8) is 0 Å². The van der Waals surface area contributed by atoms with Crippen LogP contribution in [-0.4, -0.2) is 28.3 Å². The van der Waals surface area contributed by atoms with Crippen LogP contribution in [0.2, 0.25) is 0 Å². The van der Waals surface area contributed by atoms with Gasteiger partial charge in [0.1, 0.15) is 0 Å². The van der Waals surface area contributed by atoms with Crippen LogP contribution < -0.4 is 10.6 Å². The van der Waals surface area contributed by atoms with E-state index in [4.69, 9.17) is 4.99 Å². The first kappa shape index (κ1) is 20.0. The molecule has 1 aromatic carbocycles. The summed E-state index contributed by atoms with van der Waals surface area (Å²) < 4.78 is 1.96. The summed E-state index contributed by atoms with van der Waals surface area (Å²) in [6.07, 6.45) is 0.930. The van der Waals surface area contributed by atoms with Crippen molar-refractivity contribution in [2.45, 2.75) is 60.5 Å². The van der Waals surface area contributed by atoms with E-state index in [2.05, 4.69) is 75.5 Å². The monoisotopic (exact) mass is 355 g/mol. The molecule has 26 heavy (non-hydrogen) atoms. The Labute approximate surface area is 157 Å². The standard InChI is InChI=1S/C21H33N5/c1-8-22-21(23-13-19-10-9-14(2)11-15(19)3)24-16(4)12-20-17(5)25-26(7)18(20)6/h9-11,16H,8,12-13H2,1-7H3,(H2,22,23,24). The van der Waals surface area contributed by atoms with E-state index in [-0.39, 0.29) is 6.04 Å². The fourth-order valence-corrected chi connectivity index (χ4v) is 3.21. The summed E-state index contributed by atoms with van der Waals surface area (Å²) >= 11 is 0. The van der Waals surface area contributed by atoms with E-state index in [1.165, 1.54) is 27.9 Å². The van der Waals surface area contributed by atoms with Crippen LogP contribution in [0.3, 0.4) is 0 Å². The van der Waals surface area contributed by atoms with E-state index in [0.29, 0.717) is 6.54 Å². The first-order chi connectivity index (χ1) is 12.3. The topological polar surface area (TPSA) is 54.2 Å². The lowest BCUT2D eigenvalue weighted by atomic mass is 10.1. The van der Waals surface area contributed by atoms with Crippen LogP contribution in [0.4, 0.5) is 0 Å². The van der Waals surface area contributed by atoms with Crippen LogP contribution in [0.15, 0.2) is 23.2 Å². The first-order valence-corrected chi connectivity index (χ1v) is 9.41. The number of aromatic nitrogens is 2. The molecule has 2 aromatic rings. The summed E-state index contributed by atoms with van der Waals surface area (Å²) in [6, 6.07) is 6.80. The molecular weight excluding hydrogens is 322 g/mol. The van der Waals surface area contributed by atoms with Gasteiger partial charge in [0, 0.05) is 25.3 Å². The van der Waals surface area contributed by atoms with Gasteiger partial charge in [-0.15, -0.1) is 0 Å². The second-order valence-electron chi connectivity index (χ2n) is 7.15. The maximum absolute atomic E-state index is 4.78. The van der Waals surface area contributed by atoms with Crippen LogP contribution in [0.1, 0.15) is 47.5 Å². The summed E-state index contributed by atoms with van der Waals surface area (Å²) in [4.78, 5) is 4.78. The zero-order valence-electron chi connectivity index (χ0n) is 17.3. The molecular formula is C21H33N5. The number of hydrogen-bond donors (Lipinski definition) is 2. The minimum absolute atomic E-state index is 0.272. The molecule has 142 valence electrons. The number of guanidine groups is 1. The molecule has 0 aliphatic heterocycles. The number of aliphatic imine (C=N–C) groups is 1. The molecule has 0 spiro atoms. The van der Waals surface area contributed by atoms with Crippen LogP contribution in [0, 0.1) is 27.7 Å². The number of hydrogen-bond acceptors (Lipinski definition) is 2. The molecule has 1 unspecified atom stereocenters. The highest BCUT2D eigenvalue weighted by molar-refractivity contribution is 5.80. The van der Waals surface area contributed by atoms with Gasteiger partial charge in [0.2, 0.25) is 0 Å². The van der Waals surface area contributed by atoms with Crippen molar-refractivity contribution in [3.8, 4) is 0 Å². The summed E-state index contributed by atoms with van der Waals surface area (Å²) in [5, 5.41) is 11.4. The number of nitrogens with one attached hydrogen (secondary N) is 2. The van der Waals surface area contributed by atoms with Gasteiger partial charge in [-0.2, -0.15) is 5.10 Å². The van der Waals surface area contributed by atoms with Crippen LogP contribution >= 0.6 is 0 Å². The van der Waals surface area contributed by atoms with Crippen molar-refractivity contribution in [1.29, 1.82) is 0 Å². The Bertz CT molecular complexity index is 773. The average molecular weight is 356 g/mol. The zero-order chi connectivity index (χ0) is 19.3. The predicted octanol–water partition coefficient (Wildman–Crippen LogP) is 3.34. The zero-order valence-corrected chi connectivity index (χ0v) is 17.3. The van der Waals surface area contributed by atoms with Crippen molar-refractivity contribution in [2.24, 2.45) is 12.0 Å². The van der Waals surface area contributed by atoms with Crippen molar-refractivity contribution < 1.29 is 0 Å². The summed E-state index contributed by atoms with van der Waals surface area (Å²) in [5.74, 6) is 0.860. The first-order valence-electron chi connectivity index (χ1n) is 9.41. The maximum Gasteiger partial charge on any atom is 0.191 e. The number of rotatable bonds is 6. The van der Waals surface area contributed by atoms with Gasteiger partial charge in [0.25, 0.3) is 0 Å². The quantitative estimate of drug-likeness (QED) is 0.617. The summed E-state index contributed by atoms with van der Waals surface area (Å²) in [6.45, 7) is 14.3. The smallest absolute Gasteiger partial charge is 0.191 e. The maximum atomic E-state index is 4.78. The van der Waals surface area contributed by atoms with E-state index >= 15 is 0 Å². The van der Waals surface area contributed by atoms with Crippen molar-refractivity contribution in [2.75, 3.05) is 6.54 Å². The molecule has 0 saturated carbocycles. The SMILES string of the molecule is CCNC(=NCc1ccc(C)cc1C)NC(C)Cc1c(C)nn(C)c1C. The second-order valence-corrected chi connectivity index (χ2v) is 7.15. The molecule has 0 aliphatic rings. The lowest BCUT2D eigenvalue weighted by molar-refractivity contribution is 0.635. The third-order valence-corrected chi connectivity index (χ3v) is 4.80. The molecule has 5 nitrogen and oxygen atoms in total. The third-order valence-electron chi connectivity index (χ3n) is 4.80. The number of aryl methyl sites for hydroxylation is 4.